The summed E-state index contributed by atoms with van der Waals surface area (Å²) in [5.41, 5.74) is 1.26. The van der Waals surface area contributed by atoms with Gasteiger partial charge in [0.1, 0.15) is 5.01 Å². The third kappa shape index (κ3) is 3.22. The van der Waals surface area contributed by atoms with Gasteiger partial charge in [0.25, 0.3) is 0 Å². The normalized spacial score (nSPS) is 12.3. The number of ether oxygens (including phenoxy) is 1. The van der Waals surface area contributed by atoms with Gasteiger partial charge in [-0.1, -0.05) is 12.1 Å². The SMILES string of the molecule is CCOC(=O)C(C(=O)c1ccsc1Br)c1nc2ccccc2s1. The number of hydrogen-bond acceptors (Lipinski definition) is 6. The Morgan fingerprint density at radius 3 is 2.74 bits per heavy atom. The van der Waals surface area contributed by atoms with Crippen molar-refractivity contribution in [3.05, 3.63) is 50.1 Å². The molecule has 2 aromatic heterocycles. The molecule has 0 bridgehead atoms. The van der Waals surface area contributed by atoms with Gasteiger partial charge in [-0.25, -0.2) is 4.98 Å². The topological polar surface area (TPSA) is 56.3 Å². The molecule has 0 fully saturated rings. The number of fused-ring (bicyclic) bond motifs is 1. The number of benzene rings is 1. The fourth-order valence-corrected chi connectivity index (χ4v) is 4.51. The molecule has 1 unspecified atom stereocenters. The lowest BCUT2D eigenvalue weighted by molar-refractivity contribution is -0.143. The van der Waals surface area contributed by atoms with Gasteiger partial charge in [0.05, 0.1) is 20.6 Å². The van der Waals surface area contributed by atoms with E-state index in [1.165, 1.54) is 22.7 Å². The van der Waals surface area contributed by atoms with Gasteiger partial charge in [0.2, 0.25) is 0 Å². The Morgan fingerprint density at radius 2 is 2.09 bits per heavy atom. The number of Topliss-reactive ketones (excluding diaryl/α,β-unsaturated/α-hetero) is 1. The highest BCUT2D eigenvalue weighted by atomic mass is 79.9. The second-order valence-corrected chi connectivity index (χ2v) is 7.97. The summed E-state index contributed by atoms with van der Waals surface area (Å²) >= 11 is 6.11. The zero-order valence-corrected chi connectivity index (χ0v) is 15.3. The molecule has 0 N–H and O–H groups in total. The quantitative estimate of drug-likeness (QED) is 0.349. The van der Waals surface area contributed by atoms with Gasteiger partial charge < -0.3 is 4.74 Å². The van der Waals surface area contributed by atoms with Crippen LogP contribution in [0.1, 0.15) is 28.2 Å². The molecule has 0 aliphatic heterocycles. The second-order valence-electron chi connectivity index (χ2n) is 4.68. The number of hydrogen-bond donors (Lipinski definition) is 0. The predicted molar refractivity (Wildman–Crippen MR) is 95.3 cm³/mol. The van der Waals surface area contributed by atoms with E-state index in [9.17, 15) is 9.59 Å². The van der Waals surface area contributed by atoms with Gasteiger partial charge in [-0.05, 0) is 46.4 Å². The second kappa shape index (κ2) is 6.90. The molecule has 23 heavy (non-hydrogen) atoms. The predicted octanol–water partition coefficient (Wildman–Crippen LogP) is 4.65. The van der Waals surface area contributed by atoms with Crippen molar-refractivity contribution in [1.29, 1.82) is 0 Å². The Balaban J connectivity index is 2.06. The van der Waals surface area contributed by atoms with Crippen LogP contribution in [-0.4, -0.2) is 23.3 Å². The Kier molecular flexibility index (Phi) is 4.89. The lowest BCUT2D eigenvalue weighted by Gasteiger charge is -2.11. The van der Waals surface area contributed by atoms with E-state index in [4.69, 9.17) is 4.74 Å². The molecular weight excluding hydrogens is 398 g/mol. The van der Waals surface area contributed by atoms with E-state index in [0.717, 1.165) is 10.2 Å². The first-order valence-electron chi connectivity index (χ1n) is 6.91. The third-order valence-electron chi connectivity index (χ3n) is 3.23. The summed E-state index contributed by atoms with van der Waals surface area (Å²) in [5, 5.41) is 2.27. The average Bonchev–Trinajstić information content (AvgIpc) is 3.13. The van der Waals surface area contributed by atoms with Gasteiger partial charge >= 0.3 is 5.97 Å². The lowest BCUT2D eigenvalue weighted by Crippen LogP contribution is -2.24. The Labute approximate surface area is 149 Å². The standard InChI is InChI=1S/C16H12BrNO3S2/c1-2-21-16(20)12(13(19)9-7-8-22-14(9)17)15-18-10-5-3-4-6-11(10)23-15/h3-8,12H,2H2,1H3. The molecule has 0 radical (unpaired) electrons. The number of thiophene rings is 1. The van der Waals surface area contributed by atoms with Crippen LogP contribution in [0.25, 0.3) is 10.2 Å². The summed E-state index contributed by atoms with van der Waals surface area (Å²) in [6, 6.07) is 9.27. The van der Waals surface area contributed by atoms with E-state index in [1.54, 1.807) is 18.4 Å². The molecular formula is C16H12BrNO3S2. The van der Waals surface area contributed by atoms with E-state index in [-0.39, 0.29) is 12.4 Å². The Bertz CT molecular complexity index is 838. The van der Waals surface area contributed by atoms with Gasteiger partial charge in [0.15, 0.2) is 11.7 Å². The van der Waals surface area contributed by atoms with Crippen molar-refractivity contribution in [3.8, 4) is 0 Å². The first-order chi connectivity index (χ1) is 11.1. The summed E-state index contributed by atoms with van der Waals surface area (Å²) in [4.78, 5) is 29.7. The zero-order valence-electron chi connectivity index (χ0n) is 12.1. The number of halogens is 1. The molecule has 0 aliphatic rings. The summed E-state index contributed by atoms with van der Waals surface area (Å²) in [6.45, 7) is 1.94. The van der Waals surface area contributed by atoms with Crippen molar-refractivity contribution >= 4 is 60.6 Å². The molecule has 0 saturated heterocycles. The van der Waals surface area contributed by atoms with Crippen molar-refractivity contribution in [1.82, 2.24) is 4.98 Å². The molecule has 118 valence electrons. The molecule has 3 rings (SSSR count). The Hall–Kier alpha value is -1.57. The lowest BCUT2D eigenvalue weighted by atomic mass is 10.0. The van der Waals surface area contributed by atoms with Crippen LogP contribution in [-0.2, 0) is 9.53 Å². The summed E-state index contributed by atoms with van der Waals surface area (Å²) < 4.78 is 6.75. The van der Waals surface area contributed by atoms with Crippen LogP contribution >= 0.6 is 38.6 Å². The number of aromatic nitrogens is 1. The van der Waals surface area contributed by atoms with Gasteiger partial charge in [-0.3, -0.25) is 9.59 Å². The third-order valence-corrected chi connectivity index (χ3v) is 6.01. The Morgan fingerprint density at radius 1 is 1.30 bits per heavy atom. The maximum Gasteiger partial charge on any atom is 0.323 e. The molecule has 0 saturated carbocycles. The summed E-state index contributed by atoms with van der Waals surface area (Å²) in [5.74, 6) is -1.89. The summed E-state index contributed by atoms with van der Waals surface area (Å²) in [6.07, 6.45) is 0. The number of carbonyl (C=O) groups is 2. The van der Waals surface area contributed by atoms with Crippen molar-refractivity contribution < 1.29 is 14.3 Å². The number of thiazole rings is 1. The molecule has 1 aromatic carbocycles. The number of esters is 1. The summed E-state index contributed by atoms with van der Waals surface area (Å²) in [7, 11) is 0. The minimum atomic E-state index is -1.03. The molecule has 3 aromatic rings. The first kappa shape index (κ1) is 16.3. The molecule has 4 nitrogen and oxygen atoms in total. The van der Waals surface area contributed by atoms with Crippen molar-refractivity contribution in [3.63, 3.8) is 0 Å². The van der Waals surface area contributed by atoms with E-state index in [2.05, 4.69) is 20.9 Å². The fourth-order valence-electron chi connectivity index (χ4n) is 2.18. The van der Waals surface area contributed by atoms with Crippen molar-refractivity contribution in [2.24, 2.45) is 0 Å². The number of ketones is 1. The van der Waals surface area contributed by atoms with Gasteiger partial charge in [-0.2, -0.15) is 0 Å². The van der Waals surface area contributed by atoms with Crippen molar-refractivity contribution in [2.75, 3.05) is 6.61 Å². The minimum absolute atomic E-state index is 0.221. The maximum absolute atomic E-state index is 12.9. The molecule has 0 amide bonds. The molecule has 2 heterocycles. The average molecular weight is 410 g/mol. The molecule has 0 aliphatic carbocycles. The first-order valence-corrected chi connectivity index (χ1v) is 9.40. The maximum atomic E-state index is 12.9. The number of carbonyl (C=O) groups excluding carboxylic acids is 2. The largest absolute Gasteiger partial charge is 0.465 e. The van der Waals surface area contributed by atoms with Crippen LogP contribution in [0, 0.1) is 0 Å². The number of nitrogens with zero attached hydrogens (tertiary/aromatic N) is 1. The molecule has 1 atom stereocenters. The van der Waals surface area contributed by atoms with Crippen LogP contribution in [0.3, 0.4) is 0 Å². The van der Waals surface area contributed by atoms with Gasteiger partial charge in [0, 0.05) is 5.56 Å². The van der Waals surface area contributed by atoms with Crippen LogP contribution in [0.2, 0.25) is 0 Å². The smallest absolute Gasteiger partial charge is 0.323 e. The van der Waals surface area contributed by atoms with E-state index < -0.39 is 11.9 Å². The van der Waals surface area contributed by atoms with E-state index >= 15 is 0 Å². The highest BCUT2D eigenvalue weighted by Crippen LogP contribution is 2.33. The number of rotatable bonds is 5. The molecule has 7 heteroatoms. The van der Waals surface area contributed by atoms with Crippen LogP contribution in [0.5, 0.6) is 0 Å². The minimum Gasteiger partial charge on any atom is -0.465 e. The van der Waals surface area contributed by atoms with Crippen molar-refractivity contribution in [2.45, 2.75) is 12.8 Å². The van der Waals surface area contributed by atoms with Crippen LogP contribution in [0.15, 0.2) is 39.5 Å². The van der Waals surface area contributed by atoms with Gasteiger partial charge in [-0.15, -0.1) is 22.7 Å². The van der Waals surface area contributed by atoms with E-state index in [0.29, 0.717) is 14.4 Å². The van der Waals surface area contributed by atoms with Crippen LogP contribution in [0.4, 0.5) is 0 Å². The molecule has 0 spiro atoms. The monoisotopic (exact) mass is 409 g/mol. The highest BCUT2D eigenvalue weighted by Gasteiger charge is 2.35. The number of para-hydroxylation sites is 1. The zero-order chi connectivity index (χ0) is 16.4. The van der Waals surface area contributed by atoms with E-state index in [1.807, 2.05) is 24.3 Å². The highest BCUT2D eigenvalue weighted by molar-refractivity contribution is 9.11. The fraction of sp³-hybridized carbons (Fsp3) is 0.188. The van der Waals surface area contributed by atoms with Crippen LogP contribution < -0.4 is 0 Å².